The third-order valence-electron chi connectivity index (χ3n) is 5.42. The number of carbonyl (C=O) groups is 1. The minimum Gasteiger partial charge on any atom is -0.341 e. The van der Waals surface area contributed by atoms with Gasteiger partial charge in [0.2, 0.25) is 5.91 Å². The lowest BCUT2D eigenvalue weighted by Gasteiger charge is -2.48. The molecule has 0 aromatic carbocycles. The molecule has 0 radical (unpaired) electrons. The quantitative estimate of drug-likeness (QED) is 0.734. The van der Waals surface area contributed by atoms with Gasteiger partial charge in [-0.1, -0.05) is 20.8 Å². The molecule has 17 heavy (non-hydrogen) atoms. The van der Waals surface area contributed by atoms with Crippen LogP contribution in [0.1, 0.15) is 40.5 Å². The minimum absolute atomic E-state index is 0.220. The molecule has 2 saturated heterocycles. The van der Waals surface area contributed by atoms with Crippen LogP contribution in [0.5, 0.6) is 0 Å². The third kappa shape index (κ3) is 1.88. The number of nitrogens with zero attached hydrogens (tertiary/aromatic N) is 2. The second-order valence-electron chi connectivity index (χ2n) is 6.73. The Labute approximate surface area is 105 Å². The molecule has 2 aliphatic heterocycles. The van der Waals surface area contributed by atoms with Gasteiger partial charge in [-0.15, -0.1) is 0 Å². The average molecular weight is 238 g/mol. The summed E-state index contributed by atoms with van der Waals surface area (Å²) >= 11 is 0. The molecule has 2 atom stereocenters. The Morgan fingerprint density at radius 3 is 2.18 bits per heavy atom. The first kappa shape index (κ1) is 12.9. The summed E-state index contributed by atoms with van der Waals surface area (Å²) in [5.74, 6) is 0.989. The van der Waals surface area contributed by atoms with Crippen LogP contribution in [-0.2, 0) is 4.79 Å². The zero-order valence-electron chi connectivity index (χ0n) is 11.9. The first-order chi connectivity index (χ1) is 7.79. The molecular formula is C14H26N2O. The molecule has 0 spiro atoms. The van der Waals surface area contributed by atoms with Crippen LogP contribution in [0.15, 0.2) is 0 Å². The van der Waals surface area contributed by atoms with Crippen LogP contribution in [0.4, 0.5) is 0 Å². The zero-order chi connectivity index (χ0) is 12.8. The van der Waals surface area contributed by atoms with Crippen LogP contribution in [0.3, 0.4) is 0 Å². The van der Waals surface area contributed by atoms with E-state index in [1.165, 1.54) is 0 Å². The van der Waals surface area contributed by atoms with Crippen LogP contribution < -0.4 is 0 Å². The molecule has 0 aliphatic carbocycles. The van der Waals surface area contributed by atoms with E-state index in [-0.39, 0.29) is 5.54 Å². The number of amides is 1. The SMILES string of the molecule is CC(C)[C@@]1(C)CCN(C(=O)C2(C)CCN2C)C1. The van der Waals surface area contributed by atoms with Crippen molar-refractivity contribution >= 4 is 5.91 Å². The number of likely N-dealkylation sites (tertiary alicyclic amines) is 2. The van der Waals surface area contributed by atoms with Crippen molar-refractivity contribution in [3.05, 3.63) is 0 Å². The Hall–Kier alpha value is -0.570. The smallest absolute Gasteiger partial charge is 0.242 e. The summed E-state index contributed by atoms with van der Waals surface area (Å²) in [5.41, 5.74) is 0.0938. The van der Waals surface area contributed by atoms with E-state index >= 15 is 0 Å². The molecule has 0 N–H and O–H groups in total. The second kappa shape index (κ2) is 3.98. The summed E-state index contributed by atoms with van der Waals surface area (Å²) in [6.45, 7) is 11.9. The third-order valence-corrected chi connectivity index (χ3v) is 5.42. The molecule has 2 fully saturated rings. The van der Waals surface area contributed by atoms with Crippen molar-refractivity contribution in [3.8, 4) is 0 Å². The van der Waals surface area contributed by atoms with Crippen LogP contribution in [0, 0.1) is 11.3 Å². The van der Waals surface area contributed by atoms with Crippen molar-refractivity contribution in [3.63, 3.8) is 0 Å². The molecule has 0 aromatic rings. The molecule has 1 amide bonds. The maximum Gasteiger partial charge on any atom is 0.242 e. The van der Waals surface area contributed by atoms with Gasteiger partial charge < -0.3 is 4.90 Å². The van der Waals surface area contributed by atoms with E-state index < -0.39 is 0 Å². The van der Waals surface area contributed by atoms with Crippen molar-refractivity contribution in [2.24, 2.45) is 11.3 Å². The van der Waals surface area contributed by atoms with Gasteiger partial charge in [0.15, 0.2) is 0 Å². The van der Waals surface area contributed by atoms with Crippen molar-refractivity contribution in [1.82, 2.24) is 9.80 Å². The molecule has 2 aliphatic rings. The number of hydrogen-bond donors (Lipinski definition) is 0. The van der Waals surface area contributed by atoms with Gasteiger partial charge in [0.1, 0.15) is 0 Å². The van der Waals surface area contributed by atoms with E-state index in [0.717, 1.165) is 32.5 Å². The first-order valence-corrected chi connectivity index (χ1v) is 6.80. The average Bonchev–Trinajstić information content (AvgIpc) is 2.69. The van der Waals surface area contributed by atoms with Gasteiger partial charge in [-0.3, -0.25) is 9.69 Å². The van der Waals surface area contributed by atoms with Gasteiger partial charge in [-0.25, -0.2) is 0 Å². The van der Waals surface area contributed by atoms with Crippen molar-refractivity contribution in [2.75, 3.05) is 26.7 Å². The van der Waals surface area contributed by atoms with E-state index in [2.05, 4.69) is 44.5 Å². The molecule has 0 bridgehead atoms. The van der Waals surface area contributed by atoms with E-state index in [4.69, 9.17) is 0 Å². The number of carbonyl (C=O) groups excluding carboxylic acids is 1. The highest BCUT2D eigenvalue weighted by molar-refractivity contribution is 5.87. The second-order valence-corrected chi connectivity index (χ2v) is 6.73. The lowest BCUT2D eigenvalue weighted by molar-refractivity contribution is -0.149. The Kier molecular flexibility index (Phi) is 3.01. The number of hydrogen-bond acceptors (Lipinski definition) is 2. The fourth-order valence-electron chi connectivity index (χ4n) is 2.91. The van der Waals surface area contributed by atoms with Crippen molar-refractivity contribution in [2.45, 2.75) is 46.1 Å². The molecule has 2 heterocycles. The van der Waals surface area contributed by atoms with Crippen LogP contribution in [0.2, 0.25) is 0 Å². The highest BCUT2D eigenvalue weighted by Crippen LogP contribution is 2.39. The monoisotopic (exact) mass is 238 g/mol. The molecule has 1 unspecified atom stereocenters. The predicted molar refractivity (Wildman–Crippen MR) is 69.8 cm³/mol. The molecule has 0 saturated carbocycles. The van der Waals surface area contributed by atoms with Gasteiger partial charge in [0, 0.05) is 19.6 Å². The van der Waals surface area contributed by atoms with Gasteiger partial charge in [-0.05, 0) is 38.1 Å². The van der Waals surface area contributed by atoms with Crippen molar-refractivity contribution in [1.29, 1.82) is 0 Å². The molecule has 3 heteroatoms. The maximum atomic E-state index is 12.6. The summed E-state index contributed by atoms with van der Waals surface area (Å²) in [6.07, 6.45) is 2.16. The summed E-state index contributed by atoms with van der Waals surface area (Å²) in [7, 11) is 2.05. The fraction of sp³-hybridized carbons (Fsp3) is 0.929. The molecular weight excluding hydrogens is 212 g/mol. The van der Waals surface area contributed by atoms with Crippen LogP contribution in [0.25, 0.3) is 0 Å². The van der Waals surface area contributed by atoms with Crippen LogP contribution >= 0.6 is 0 Å². The van der Waals surface area contributed by atoms with E-state index in [1.807, 2.05) is 0 Å². The van der Waals surface area contributed by atoms with Crippen molar-refractivity contribution < 1.29 is 4.79 Å². The minimum atomic E-state index is -0.220. The van der Waals surface area contributed by atoms with Gasteiger partial charge >= 0.3 is 0 Å². The summed E-state index contributed by atoms with van der Waals surface area (Å²) in [5, 5.41) is 0. The predicted octanol–water partition coefficient (Wildman–Crippen LogP) is 1.98. The van der Waals surface area contributed by atoms with Gasteiger partial charge in [0.25, 0.3) is 0 Å². The fourth-order valence-corrected chi connectivity index (χ4v) is 2.91. The summed E-state index contributed by atoms with van der Waals surface area (Å²) < 4.78 is 0. The number of likely N-dealkylation sites (N-methyl/N-ethyl adjacent to an activating group) is 1. The van der Waals surface area contributed by atoms with E-state index in [0.29, 0.717) is 17.2 Å². The standard InChI is InChI=1S/C14H26N2O/c1-11(2)13(3)6-9-16(10-13)12(17)14(4)7-8-15(14)5/h11H,6-10H2,1-5H3/t13-,14?/m0/s1. The van der Waals surface area contributed by atoms with E-state index in [9.17, 15) is 4.79 Å². The largest absolute Gasteiger partial charge is 0.341 e. The highest BCUT2D eigenvalue weighted by Gasteiger charge is 2.49. The van der Waals surface area contributed by atoms with Crippen LogP contribution in [-0.4, -0.2) is 47.9 Å². The Bertz CT molecular complexity index is 328. The Morgan fingerprint density at radius 2 is 1.82 bits per heavy atom. The topological polar surface area (TPSA) is 23.6 Å². The van der Waals surface area contributed by atoms with Gasteiger partial charge in [-0.2, -0.15) is 0 Å². The molecule has 2 rings (SSSR count). The Balaban J connectivity index is 2.04. The van der Waals surface area contributed by atoms with Gasteiger partial charge in [0.05, 0.1) is 5.54 Å². The van der Waals surface area contributed by atoms with E-state index in [1.54, 1.807) is 0 Å². The first-order valence-electron chi connectivity index (χ1n) is 6.80. The lowest BCUT2D eigenvalue weighted by atomic mass is 9.78. The Morgan fingerprint density at radius 1 is 1.18 bits per heavy atom. The summed E-state index contributed by atoms with van der Waals surface area (Å²) in [6, 6.07) is 0. The highest BCUT2D eigenvalue weighted by atomic mass is 16.2. The zero-order valence-corrected chi connectivity index (χ0v) is 11.9. The lowest BCUT2D eigenvalue weighted by Crippen LogP contribution is -2.64. The maximum absolute atomic E-state index is 12.6. The normalized spacial score (nSPS) is 38.6. The molecule has 98 valence electrons. The summed E-state index contributed by atoms with van der Waals surface area (Å²) in [4.78, 5) is 16.8. The number of rotatable bonds is 2. The molecule has 3 nitrogen and oxygen atoms in total. The molecule has 0 aromatic heterocycles.